The minimum atomic E-state index is -1.85. The number of carbonyl (C=O) groups excluding carboxylic acids is 2. The largest absolute Gasteiger partial charge is 0.451 e. The van der Waals surface area contributed by atoms with Crippen molar-refractivity contribution in [3.8, 4) is 0 Å². The topological polar surface area (TPSA) is 104 Å². The first-order chi connectivity index (χ1) is 8.83. The zero-order valence-electron chi connectivity index (χ0n) is 11.4. The molecule has 1 aliphatic rings. The molecule has 2 amide bonds. The second kappa shape index (κ2) is 5.22. The molecule has 0 aliphatic carbocycles. The lowest BCUT2D eigenvalue weighted by Gasteiger charge is -2.32. The molecule has 0 aromatic carbocycles. The van der Waals surface area contributed by atoms with Crippen molar-refractivity contribution >= 4 is 23.4 Å². The van der Waals surface area contributed by atoms with Gasteiger partial charge in [-0.2, -0.15) is 10.2 Å². The van der Waals surface area contributed by atoms with Crippen molar-refractivity contribution in [2.24, 2.45) is 10.3 Å². The molecular formula is C10H16N4O5. The van der Waals surface area contributed by atoms with Crippen molar-refractivity contribution in [3.05, 3.63) is 0 Å². The predicted octanol–water partition coefficient (Wildman–Crippen LogP) is 0.0530. The maximum Gasteiger partial charge on any atom is 0.435 e. The maximum absolute atomic E-state index is 12.3. The molecule has 9 nitrogen and oxygen atoms in total. The summed E-state index contributed by atoms with van der Waals surface area (Å²) in [7, 11) is 3.77. The quantitative estimate of drug-likeness (QED) is 0.444. The summed E-state index contributed by atoms with van der Waals surface area (Å²) in [5.41, 5.74) is -1.62. The summed E-state index contributed by atoms with van der Waals surface area (Å²) in [6, 6.07) is 0. The van der Waals surface area contributed by atoms with Gasteiger partial charge in [0.15, 0.2) is 0 Å². The zero-order valence-corrected chi connectivity index (χ0v) is 11.4. The summed E-state index contributed by atoms with van der Waals surface area (Å²) in [5, 5.41) is 18.7. The van der Waals surface area contributed by atoms with Gasteiger partial charge in [0, 0.05) is 7.05 Å². The normalized spacial score (nSPS) is 23.3. The fourth-order valence-electron chi connectivity index (χ4n) is 1.97. The number of likely N-dealkylation sites (N-methyl/N-ethyl adjacent to an activating group) is 1. The third-order valence-corrected chi connectivity index (χ3v) is 2.84. The summed E-state index contributed by atoms with van der Waals surface area (Å²) < 4.78 is 4.43. The first kappa shape index (κ1) is 14.9. The Kier molecular flexibility index (Phi) is 4.10. The van der Waals surface area contributed by atoms with Crippen LogP contribution in [0.4, 0.5) is 4.79 Å². The van der Waals surface area contributed by atoms with Gasteiger partial charge in [0.05, 0.1) is 18.5 Å². The zero-order chi connectivity index (χ0) is 14.8. The third-order valence-electron chi connectivity index (χ3n) is 2.84. The summed E-state index contributed by atoms with van der Waals surface area (Å²) in [6.07, 6.45) is -1.11. The van der Waals surface area contributed by atoms with Crippen LogP contribution in [-0.4, -0.2) is 65.5 Å². The van der Waals surface area contributed by atoms with E-state index in [1.54, 1.807) is 0 Å². The monoisotopic (exact) mass is 272 g/mol. The molecule has 106 valence electrons. The van der Waals surface area contributed by atoms with Gasteiger partial charge in [-0.25, -0.2) is 9.80 Å². The smallest absolute Gasteiger partial charge is 0.435 e. The number of hydrogen-bond acceptors (Lipinski definition) is 7. The second-order valence-corrected chi connectivity index (χ2v) is 3.87. The fraction of sp³-hybridized carbons (Fsp3) is 0.600. The van der Waals surface area contributed by atoms with E-state index in [0.29, 0.717) is 0 Å². The Hall–Kier alpha value is -2.16. The van der Waals surface area contributed by atoms with Gasteiger partial charge in [-0.1, -0.05) is 5.16 Å². The highest BCUT2D eigenvalue weighted by molar-refractivity contribution is 6.33. The number of ether oxygens (including phenoxy) is 1. The summed E-state index contributed by atoms with van der Waals surface area (Å²) in [6.45, 7) is 2.92. The molecule has 0 saturated carbocycles. The molecule has 0 bridgehead atoms. The van der Waals surface area contributed by atoms with E-state index >= 15 is 0 Å². The lowest BCUT2D eigenvalue weighted by Crippen LogP contribution is -2.64. The SMILES string of the molecule is CO/N=C(\C)C1(N(O)C(=O)OC)C(=O)N(C)N=C1C. The van der Waals surface area contributed by atoms with Crippen LogP contribution in [0, 0.1) is 0 Å². The Labute approximate surface area is 110 Å². The molecule has 9 heteroatoms. The molecule has 0 aromatic heterocycles. The lowest BCUT2D eigenvalue weighted by atomic mass is 9.88. The van der Waals surface area contributed by atoms with Gasteiger partial charge < -0.3 is 9.57 Å². The second-order valence-electron chi connectivity index (χ2n) is 3.87. The molecule has 1 atom stereocenters. The van der Waals surface area contributed by atoms with Crippen LogP contribution in [0.1, 0.15) is 13.8 Å². The van der Waals surface area contributed by atoms with Gasteiger partial charge >= 0.3 is 6.09 Å². The van der Waals surface area contributed by atoms with Crippen molar-refractivity contribution in [1.29, 1.82) is 0 Å². The molecule has 19 heavy (non-hydrogen) atoms. The number of nitrogens with zero attached hydrogens (tertiary/aromatic N) is 4. The standard InChI is InChI=1S/C10H16N4O5/c1-6-10(7(2)12-19-5,8(15)13(3)11-6)14(17)9(16)18-4/h17H,1-5H3/b12-7+. The van der Waals surface area contributed by atoms with Crippen LogP contribution in [-0.2, 0) is 14.4 Å². The van der Waals surface area contributed by atoms with Crippen molar-refractivity contribution < 1.29 is 24.4 Å². The van der Waals surface area contributed by atoms with Crippen LogP contribution < -0.4 is 0 Å². The highest BCUT2D eigenvalue weighted by Gasteiger charge is 2.58. The molecular weight excluding hydrogens is 256 g/mol. The van der Waals surface area contributed by atoms with Crippen molar-refractivity contribution in [2.75, 3.05) is 21.3 Å². The molecule has 1 unspecified atom stereocenters. The van der Waals surface area contributed by atoms with Crippen LogP contribution in [0.15, 0.2) is 10.3 Å². The Morgan fingerprint density at radius 3 is 2.47 bits per heavy atom. The highest BCUT2D eigenvalue weighted by atomic mass is 16.6. The highest BCUT2D eigenvalue weighted by Crippen LogP contribution is 2.28. The predicted molar refractivity (Wildman–Crippen MR) is 64.8 cm³/mol. The molecule has 0 fully saturated rings. The summed E-state index contributed by atoms with van der Waals surface area (Å²) in [5.74, 6) is -0.642. The molecule has 0 aromatic rings. The van der Waals surface area contributed by atoms with Gasteiger partial charge in [0.25, 0.3) is 5.91 Å². The molecule has 0 radical (unpaired) electrons. The Morgan fingerprint density at radius 1 is 1.53 bits per heavy atom. The van der Waals surface area contributed by atoms with E-state index in [0.717, 1.165) is 12.1 Å². The van der Waals surface area contributed by atoms with Crippen LogP contribution in [0.5, 0.6) is 0 Å². The van der Waals surface area contributed by atoms with E-state index < -0.39 is 17.5 Å². The van der Waals surface area contributed by atoms with Gasteiger partial charge in [-0.15, -0.1) is 0 Å². The van der Waals surface area contributed by atoms with Crippen LogP contribution in [0.3, 0.4) is 0 Å². The number of carbonyl (C=O) groups is 2. The number of amides is 2. The minimum Gasteiger partial charge on any atom is -0.451 e. The average Bonchev–Trinajstić information content (AvgIpc) is 2.59. The van der Waals surface area contributed by atoms with Gasteiger partial charge in [0.2, 0.25) is 5.54 Å². The molecule has 1 aliphatic heterocycles. The van der Waals surface area contributed by atoms with Crippen LogP contribution in [0.25, 0.3) is 0 Å². The minimum absolute atomic E-state index is 0.0542. The van der Waals surface area contributed by atoms with E-state index in [1.165, 1.54) is 28.0 Å². The number of oxime groups is 1. The van der Waals surface area contributed by atoms with E-state index in [1.807, 2.05) is 0 Å². The van der Waals surface area contributed by atoms with Crippen LogP contribution in [0.2, 0.25) is 0 Å². The Bertz CT molecular complexity index is 461. The number of hydroxylamine groups is 2. The maximum atomic E-state index is 12.3. The molecule has 0 spiro atoms. The number of hydrazone groups is 1. The number of hydrogen-bond donors (Lipinski definition) is 1. The third kappa shape index (κ3) is 2.01. The fourth-order valence-corrected chi connectivity index (χ4v) is 1.97. The van der Waals surface area contributed by atoms with E-state index in [2.05, 4.69) is 19.8 Å². The van der Waals surface area contributed by atoms with Crippen LogP contribution >= 0.6 is 0 Å². The van der Waals surface area contributed by atoms with E-state index in [-0.39, 0.29) is 16.5 Å². The van der Waals surface area contributed by atoms with E-state index in [9.17, 15) is 14.8 Å². The summed E-state index contributed by atoms with van der Waals surface area (Å²) >= 11 is 0. The first-order valence-corrected chi connectivity index (χ1v) is 5.33. The Morgan fingerprint density at radius 2 is 2.11 bits per heavy atom. The molecule has 1 heterocycles. The van der Waals surface area contributed by atoms with Gasteiger partial charge in [-0.05, 0) is 13.8 Å². The van der Waals surface area contributed by atoms with Gasteiger partial charge in [0.1, 0.15) is 7.11 Å². The van der Waals surface area contributed by atoms with Gasteiger partial charge in [-0.3, -0.25) is 10.0 Å². The average molecular weight is 272 g/mol. The number of rotatable bonds is 3. The molecule has 0 saturated heterocycles. The first-order valence-electron chi connectivity index (χ1n) is 5.33. The molecule has 1 N–H and O–H groups in total. The Balaban J connectivity index is 3.44. The van der Waals surface area contributed by atoms with Crippen molar-refractivity contribution in [3.63, 3.8) is 0 Å². The van der Waals surface area contributed by atoms with Crippen molar-refractivity contribution in [1.82, 2.24) is 10.1 Å². The number of methoxy groups -OCH3 is 1. The molecule has 1 rings (SSSR count). The lowest BCUT2D eigenvalue weighted by molar-refractivity contribution is -0.150. The summed E-state index contributed by atoms with van der Waals surface area (Å²) in [4.78, 5) is 28.4. The van der Waals surface area contributed by atoms with Crippen molar-refractivity contribution in [2.45, 2.75) is 19.4 Å². The van der Waals surface area contributed by atoms with E-state index in [4.69, 9.17) is 0 Å².